The summed E-state index contributed by atoms with van der Waals surface area (Å²) in [6.45, 7) is 4.37. The van der Waals surface area contributed by atoms with E-state index in [9.17, 15) is 0 Å². The van der Waals surface area contributed by atoms with Gasteiger partial charge in [0.15, 0.2) is 0 Å². The maximum absolute atomic E-state index is 3.61. The van der Waals surface area contributed by atoms with Crippen molar-refractivity contribution < 1.29 is 0 Å². The van der Waals surface area contributed by atoms with Crippen LogP contribution in [0.15, 0.2) is 95.5 Å². The fourth-order valence-electron chi connectivity index (χ4n) is 4.73. The average molecular weight is 425 g/mol. The molecule has 0 bridgehead atoms. The Balaban J connectivity index is 1.98. The molecule has 0 heterocycles. The van der Waals surface area contributed by atoms with Crippen LogP contribution in [0, 0.1) is 13.8 Å². The van der Waals surface area contributed by atoms with Gasteiger partial charge >= 0.3 is 0 Å². The van der Waals surface area contributed by atoms with Crippen LogP contribution in [0.3, 0.4) is 0 Å². The zero-order valence-electron chi connectivity index (χ0n) is 16.0. The molecule has 1 heteroatoms. The van der Waals surface area contributed by atoms with Crippen LogP contribution in [0.4, 0.5) is 0 Å². The van der Waals surface area contributed by atoms with Crippen LogP contribution < -0.4 is 0 Å². The third-order valence-electron chi connectivity index (χ3n) is 5.93. The lowest BCUT2D eigenvalue weighted by atomic mass is 9.67. The van der Waals surface area contributed by atoms with Crippen molar-refractivity contribution in [2.75, 3.05) is 0 Å². The summed E-state index contributed by atoms with van der Waals surface area (Å²) in [5.74, 6) is 0. The largest absolute Gasteiger partial charge is 0.0713 e. The normalized spacial score (nSPS) is 13.8. The van der Waals surface area contributed by atoms with Crippen molar-refractivity contribution in [3.63, 3.8) is 0 Å². The van der Waals surface area contributed by atoms with Crippen molar-refractivity contribution in [1.29, 1.82) is 0 Å². The van der Waals surface area contributed by atoms with Crippen molar-refractivity contribution in [3.8, 4) is 11.1 Å². The van der Waals surface area contributed by atoms with E-state index in [1.54, 1.807) is 0 Å². The maximum atomic E-state index is 3.61. The second-order valence-electron chi connectivity index (χ2n) is 7.72. The fraction of sp³-hybridized carbons (Fsp3) is 0.111. The van der Waals surface area contributed by atoms with Crippen LogP contribution >= 0.6 is 15.9 Å². The fourth-order valence-corrected chi connectivity index (χ4v) is 4.99. The van der Waals surface area contributed by atoms with Crippen LogP contribution in [0.2, 0.25) is 0 Å². The van der Waals surface area contributed by atoms with Gasteiger partial charge in [0.25, 0.3) is 0 Å². The lowest BCUT2D eigenvalue weighted by Gasteiger charge is -2.34. The zero-order chi connectivity index (χ0) is 19.3. The van der Waals surface area contributed by atoms with Crippen molar-refractivity contribution in [3.05, 3.63) is 129 Å². The highest BCUT2D eigenvalue weighted by Crippen LogP contribution is 2.56. The lowest BCUT2D eigenvalue weighted by Crippen LogP contribution is -2.28. The van der Waals surface area contributed by atoms with E-state index in [-0.39, 0.29) is 5.41 Å². The molecule has 0 aromatic heterocycles. The van der Waals surface area contributed by atoms with Gasteiger partial charge in [0.05, 0.1) is 5.41 Å². The van der Waals surface area contributed by atoms with Crippen molar-refractivity contribution in [2.24, 2.45) is 0 Å². The molecule has 0 aliphatic heterocycles. The Labute approximate surface area is 175 Å². The van der Waals surface area contributed by atoms with Gasteiger partial charge in [-0.15, -0.1) is 0 Å². The van der Waals surface area contributed by atoms with Crippen molar-refractivity contribution in [1.82, 2.24) is 0 Å². The highest BCUT2D eigenvalue weighted by Gasteiger charge is 2.46. The van der Waals surface area contributed by atoms with E-state index in [0.29, 0.717) is 0 Å². The molecule has 1 aliphatic carbocycles. The summed E-state index contributed by atoms with van der Waals surface area (Å²) < 4.78 is 1.10. The molecular weight excluding hydrogens is 404 g/mol. The molecule has 0 radical (unpaired) electrons. The molecule has 5 rings (SSSR count). The van der Waals surface area contributed by atoms with Crippen molar-refractivity contribution >= 4 is 15.9 Å². The molecule has 0 saturated heterocycles. The monoisotopic (exact) mass is 424 g/mol. The number of hydrogen-bond donors (Lipinski definition) is 0. The van der Waals surface area contributed by atoms with E-state index in [1.807, 2.05) is 0 Å². The van der Waals surface area contributed by atoms with E-state index in [1.165, 1.54) is 44.5 Å². The minimum absolute atomic E-state index is 0.301. The van der Waals surface area contributed by atoms with Gasteiger partial charge in [-0.25, -0.2) is 0 Å². The molecule has 0 fully saturated rings. The minimum atomic E-state index is -0.301. The molecule has 1 aliphatic rings. The van der Waals surface area contributed by atoms with E-state index in [0.717, 1.165) is 4.47 Å². The first-order valence-electron chi connectivity index (χ1n) is 9.65. The smallest absolute Gasteiger partial charge is 0.0622 e. The molecular formula is C27H21Br. The third kappa shape index (κ3) is 2.43. The van der Waals surface area contributed by atoms with E-state index in [2.05, 4.69) is 121 Å². The zero-order valence-corrected chi connectivity index (χ0v) is 17.6. The summed E-state index contributed by atoms with van der Waals surface area (Å²) in [6.07, 6.45) is 0. The van der Waals surface area contributed by atoms with Gasteiger partial charge in [0.1, 0.15) is 0 Å². The number of hydrogen-bond acceptors (Lipinski definition) is 0. The first-order chi connectivity index (χ1) is 13.6. The van der Waals surface area contributed by atoms with E-state index >= 15 is 0 Å². The van der Waals surface area contributed by atoms with Gasteiger partial charge < -0.3 is 0 Å². The molecule has 0 saturated carbocycles. The maximum Gasteiger partial charge on any atom is 0.0713 e. The van der Waals surface area contributed by atoms with Gasteiger partial charge in [-0.05, 0) is 59.4 Å². The van der Waals surface area contributed by atoms with Gasteiger partial charge in [0.2, 0.25) is 0 Å². The SMILES string of the molecule is Cc1ccc2c(c1)C(c1ccccc1)(c1ccc(Br)cc1)c1cc(C)ccc1-2. The summed E-state index contributed by atoms with van der Waals surface area (Å²) in [5.41, 5.74) is 10.3. The van der Waals surface area contributed by atoms with Crippen LogP contribution in [0.5, 0.6) is 0 Å². The molecule has 4 aromatic carbocycles. The Hall–Kier alpha value is -2.64. The summed E-state index contributed by atoms with van der Waals surface area (Å²) in [4.78, 5) is 0. The van der Waals surface area contributed by atoms with Gasteiger partial charge in [-0.2, -0.15) is 0 Å². The van der Waals surface area contributed by atoms with Crippen LogP contribution in [0.25, 0.3) is 11.1 Å². The summed E-state index contributed by atoms with van der Waals surface area (Å²) in [6, 6.07) is 33.6. The standard InChI is InChI=1S/C27H21Br/c1-18-8-14-23-24-15-9-19(2)17-26(24)27(25(23)16-18,20-6-4-3-5-7-20)21-10-12-22(28)13-11-21/h3-17H,1-2H3. The molecule has 4 aromatic rings. The van der Waals surface area contributed by atoms with Gasteiger partial charge in [-0.3, -0.25) is 0 Å². The molecule has 0 atom stereocenters. The molecule has 0 N–H and O–H groups in total. The number of aryl methyl sites for hydroxylation is 2. The Kier molecular flexibility index (Phi) is 4.03. The van der Waals surface area contributed by atoms with E-state index in [4.69, 9.17) is 0 Å². The molecule has 0 amide bonds. The first kappa shape index (κ1) is 17.5. The lowest BCUT2D eigenvalue weighted by molar-refractivity contribution is 0.766. The summed E-state index contributed by atoms with van der Waals surface area (Å²) in [7, 11) is 0. The number of halogens is 1. The van der Waals surface area contributed by atoms with Crippen molar-refractivity contribution in [2.45, 2.75) is 19.3 Å². The molecule has 136 valence electrons. The van der Waals surface area contributed by atoms with Gasteiger partial charge in [0, 0.05) is 4.47 Å². The third-order valence-corrected chi connectivity index (χ3v) is 6.46. The summed E-state index contributed by atoms with van der Waals surface area (Å²) in [5, 5.41) is 0. The quantitative estimate of drug-likeness (QED) is 0.276. The molecule has 0 spiro atoms. The average Bonchev–Trinajstić information content (AvgIpc) is 2.99. The van der Waals surface area contributed by atoms with E-state index < -0.39 is 0 Å². The Bertz CT molecular complexity index is 1120. The first-order valence-corrected chi connectivity index (χ1v) is 10.4. The number of rotatable bonds is 2. The topological polar surface area (TPSA) is 0 Å². The van der Waals surface area contributed by atoms with Crippen LogP contribution in [0.1, 0.15) is 33.4 Å². The highest BCUT2D eigenvalue weighted by molar-refractivity contribution is 9.10. The van der Waals surface area contributed by atoms with Crippen LogP contribution in [-0.4, -0.2) is 0 Å². The van der Waals surface area contributed by atoms with Gasteiger partial charge in [-0.1, -0.05) is 106 Å². The predicted octanol–water partition coefficient (Wildman–Crippen LogP) is 7.43. The predicted molar refractivity (Wildman–Crippen MR) is 121 cm³/mol. The summed E-state index contributed by atoms with van der Waals surface area (Å²) >= 11 is 3.61. The minimum Gasteiger partial charge on any atom is -0.0622 e. The number of fused-ring (bicyclic) bond motifs is 3. The molecule has 28 heavy (non-hydrogen) atoms. The highest BCUT2D eigenvalue weighted by atomic mass is 79.9. The second kappa shape index (κ2) is 6.46. The number of benzene rings is 4. The Morgan fingerprint density at radius 1 is 0.571 bits per heavy atom. The molecule has 0 unspecified atom stereocenters. The Morgan fingerprint density at radius 2 is 1.07 bits per heavy atom. The molecule has 0 nitrogen and oxygen atoms in total. The Morgan fingerprint density at radius 3 is 1.61 bits per heavy atom. The second-order valence-corrected chi connectivity index (χ2v) is 8.64. The van der Waals surface area contributed by atoms with Crippen LogP contribution in [-0.2, 0) is 5.41 Å².